The van der Waals surface area contributed by atoms with Gasteiger partial charge in [0.15, 0.2) is 0 Å². The van der Waals surface area contributed by atoms with Crippen molar-refractivity contribution in [2.45, 2.75) is 0 Å². The number of pyridine rings is 1. The Kier molecular flexibility index (Phi) is 2.61. The van der Waals surface area contributed by atoms with Gasteiger partial charge in [0, 0.05) is 13.1 Å². The highest BCUT2D eigenvalue weighted by molar-refractivity contribution is 5.41. The number of nitrogens with zero attached hydrogens (tertiary/aromatic N) is 3. The molecule has 1 aromatic heterocycles. The lowest BCUT2D eigenvalue weighted by Crippen LogP contribution is -2.36. The number of morpholine rings is 1. The maximum atomic E-state index is 8.70. The van der Waals surface area contributed by atoms with Crippen molar-refractivity contribution in [2.24, 2.45) is 0 Å². The number of rotatable bonds is 1. The summed E-state index contributed by atoms with van der Waals surface area (Å²) in [5.74, 6) is 0.868. The molecule has 0 aliphatic carbocycles. The van der Waals surface area contributed by atoms with E-state index in [4.69, 9.17) is 10.00 Å². The Morgan fingerprint density at radius 1 is 1.36 bits per heavy atom. The number of anilines is 1. The molecule has 2 heterocycles. The van der Waals surface area contributed by atoms with Crippen LogP contribution in [0.4, 0.5) is 5.82 Å². The summed E-state index contributed by atoms with van der Waals surface area (Å²) in [5.41, 5.74) is 0.467. The first-order chi connectivity index (χ1) is 6.90. The van der Waals surface area contributed by atoms with Crippen LogP contribution >= 0.6 is 0 Å². The number of ether oxygens (including phenoxy) is 1. The fraction of sp³-hybridized carbons (Fsp3) is 0.400. The predicted molar refractivity (Wildman–Crippen MR) is 52.0 cm³/mol. The van der Waals surface area contributed by atoms with E-state index in [1.807, 2.05) is 18.2 Å². The lowest BCUT2D eigenvalue weighted by Gasteiger charge is -2.27. The minimum Gasteiger partial charge on any atom is -0.378 e. The molecule has 0 spiro atoms. The van der Waals surface area contributed by atoms with E-state index in [9.17, 15) is 0 Å². The predicted octanol–water partition coefficient (Wildman–Crippen LogP) is 0.790. The molecule has 0 unspecified atom stereocenters. The summed E-state index contributed by atoms with van der Waals surface area (Å²) in [5, 5.41) is 8.70. The second kappa shape index (κ2) is 4.07. The van der Waals surface area contributed by atoms with Crippen molar-refractivity contribution < 1.29 is 4.74 Å². The Morgan fingerprint density at radius 2 is 2.14 bits per heavy atom. The molecule has 0 radical (unpaired) electrons. The van der Waals surface area contributed by atoms with E-state index >= 15 is 0 Å². The summed E-state index contributed by atoms with van der Waals surface area (Å²) < 4.78 is 5.24. The summed E-state index contributed by atoms with van der Waals surface area (Å²) in [6, 6.07) is 7.53. The number of hydrogen-bond donors (Lipinski definition) is 0. The first kappa shape index (κ1) is 8.97. The molecule has 1 fully saturated rings. The van der Waals surface area contributed by atoms with Gasteiger partial charge in [-0.25, -0.2) is 4.98 Å². The molecule has 2 rings (SSSR count). The highest BCUT2D eigenvalue weighted by Crippen LogP contribution is 2.12. The maximum Gasteiger partial charge on any atom is 0.142 e. The summed E-state index contributed by atoms with van der Waals surface area (Å²) in [4.78, 5) is 6.35. The Morgan fingerprint density at radius 3 is 2.86 bits per heavy atom. The molecule has 0 bridgehead atoms. The van der Waals surface area contributed by atoms with Gasteiger partial charge in [-0.15, -0.1) is 0 Å². The average molecular weight is 189 g/mol. The van der Waals surface area contributed by atoms with E-state index in [1.165, 1.54) is 0 Å². The van der Waals surface area contributed by atoms with Crippen LogP contribution in [0, 0.1) is 11.3 Å². The third kappa shape index (κ3) is 1.83. The fourth-order valence-corrected chi connectivity index (χ4v) is 1.45. The van der Waals surface area contributed by atoms with Gasteiger partial charge >= 0.3 is 0 Å². The van der Waals surface area contributed by atoms with Crippen molar-refractivity contribution in [3.8, 4) is 6.07 Å². The molecule has 0 saturated carbocycles. The maximum absolute atomic E-state index is 8.70. The fourth-order valence-electron chi connectivity index (χ4n) is 1.45. The van der Waals surface area contributed by atoms with Crippen molar-refractivity contribution in [3.05, 3.63) is 23.9 Å². The Bertz CT molecular complexity index is 353. The van der Waals surface area contributed by atoms with Gasteiger partial charge in [-0.05, 0) is 12.1 Å². The Labute approximate surface area is 82.7 Å². The van der Waals surface area contributed by atoms with E-state index in [1.54, 1.807) is 6.07 Å². The molecule has 0 N–H and O–H groups in total. The molecule has 0 amide bonds. The highest BCUT2D eigenvalue weighted by atomic mass is 16.5. The smallest absolute Gasteiger partial charge is 0.142 e. The molecular formula is C10H11N3O. The first-order valence-electron chi connectivity index (χ1n) is 4.60. The van der Waals surface area contributed by atoms with Crippen LogP contribution in [-0.4, -0.2) is 31.3 Å². The van der Waals surface area contributed by atoms with Crippen LogP contribution in [0.2, 0.25) is 0 Å². The molecule has 1 saturated heterocycles. The quantitative estimate of drug-likeness (QED) is 0.655. The second-order valence-electron chi connectivity index (χ2n) is 3.09. The van der Waals surface area contributed by atoms with Crippen molar-refractivity contribution in [3.63, 3.8) is 0 Å². The number of hydrogen-bond acceptors (Lipinski definition) is 4. The van der Waals surface area contributed by atoms with Crippen LogP contribution in [0.25, 0.3) is 0 Å². The van der Waals surface area contributed by atoms with Crippen molar-refractivity contribution in [1.82, 2.24) is 4.98 Å². The average Bonchev–Trinajstić information content (AvgIpc) is 2.30. The van der Waals surface area contributed by atoms with Gasteiger partial charge in [-0.2, -0.15) is 5.26 Å². The van der Waals surface area contributed by atoms with E-state index < -0.39 is 0 Å². The largest absolute Gasteiger partial charge is 0.378 e. The molecule has 4 nitrogen and oxygen atoms in total. The zero-order valence-electron chi connectivity index (χ0n) is 7.81. The molecule has 0 aromatic carbocycles. The lowest BCUT2D eigenvalue weighted by atomic mass is 10.3. The van der Waals surface area contributed by atoms with E-state index in [0.29, 0.717) is 5.69 Å². The molecule has 1 aliphatic rings. The number of aromatic nitrogens is 1. The monoisotopic (exact) mass is 189 g/mol. The zero-order chi connectivity index (χ0) is 9.80. The van der Waals surface area contributed by atoms with E-state index in [0.717, 1.165) is 32.1 Å². The summed E-state index contributed by atoms with van der Waals surface area (Å²) in [6.45, 7) is 3.17. The molecule has 1 aliphatic heterocycles. The van der Waals surface area contributed by atoms with Crippen molar-refractivity contribution in [1.29, 1.82) is 5.26 Å². The molecule has 4 heteroatoms. The third-order valence-electron chi connectivity index (χ3n) is 2.18. The third-order valence-corrected chi connectivity index (χ3v) is 2.18. The minimum atomic E-state index is 0.467. The van der Waals surface area contributed by atoms with Gasteiger partial charge in [-0.1, -0.05) is 6.07 Å². The van der Waals surface area contributed by atoms with Crippen LogP contribution in [0.15, 0.2) is 18.2 Å². The molecule has 1 aromatic rings. The minimum absolute atomic E-state index is 0.467. The van der Waals surface area contributed by atoms with Gasteiger partial charge in [0.2, 0.25) is 0 Å². The second-order valence-corrected chi connectivity index (χ2v) is 3.09. The van der Waals surface area contributed by atoms with E-state index in [-0.39, 0.29) is 0 Å². The zero-order valence-corrected chi connectivity index (χ0v) is 7.81. The van der Waals surface area contributed by atoms with Crippen LogP contribution in [-0.2, 0) is 4.74 Å². The topological polar surface area (TPSA) is 49.2 Å². The van der Waals surface area contributed by atoms with Gasteiger partial charge in [-0.3, -0.25) is 0 Å². The van der Waals surface area contributed by atoms with Gasteiger partial charge in [0.25, 0.3) is 0 Å². The van der Waals surface area contributed by atoms with Crippen LogP contribution in [0.5, 0.6) is 0 Å². The summed E-state index contributed by atoms with van der Waals surface area (Å²) >= 11 is 0. The van der Waals surface area contributed by atoms with Crippen LogP contribution < -0.4 is 4.90 Å². The molecule has 0 atom stereocenters. The Hall–Kier alpha value is -1.60. The van der Waals surface area contributed by atoms with E-state index in [2.05, 4.69) is 9.88 Å². The number of nitriles is 1. The van der Waals surface area contributed by atoms with Crippen molar-refractivity contribution >= 4 is 5.82 Å². The summed E-state index contributed by atoms with van der Waals surface area (Å²) in [6.07, 6.45) is 0. The van der Waals surface area contributed by atoms with Gasteiger partial charge < -0.3 is 9.64 Å². The summed E-state index contributed by atoms with van der Waals surface area (Å²) in [7, 11) is 0. The lowest BCUT2D eigenvalue weighted by molar-refractivity contribution is 0.122. The normalized spacial score (nSPS) is 16.4. The SMILES string of the molecule is N#Cc1cccc(N2CCOCC2)n1. The van der Waals surface area contributed by atoms with Gasteiger partial charge in [0.1, 0.15) is 17.6 Å². The molecule has 72 valence electrons. The molecule has 14 heavy (non-hydrogen) atoms. The Balaban J connectivity index is 2.18. The van der Waals surface area contributed by atoms with Crippen molar-refractivity contribution in [2.75, 3.05) is 31.2 Å². The standard InChI is InChI=1S/C10H11N3O/c11-8-9-2-1-3-10(12-9)13-4-6-14-7-5-13/h1-3H,4-7H2. The molecular weight excluding hydrogens is 178 g/mol. The van der Waals surface area contributed by atoms with Gasteiger partial charge in [0.05, 0.1) is 13.2 Å². The first-order valence-corrected chi connectivity index (χ1v) is 4.60. The van der Waals surface area contributed by atoms with Crippen LogP contribution in [0.3, 0.4) is 0 Å². The van der Waals surface area contributed by atoms with Crippen LogP contribution in [0.1, 0.15) is 5.69 Å². The highest BCUT2D eigenvalue weighted by Gasteiger charge is 2.12.